The maximum absolute atomic E-state index is 10.9. The maximum Gasteiger partial charge on any atom is 0.410 e. The predicted molar refractivity (Wildman–Crippen MR) is 98.0 cm³/mol. The fraction of sp³-hybridized carbons (Fsp3) is 0.812. The Morgan fingerprint density at radius 2 is 1.43 bits per heavy atom. The van der Waals surface area contributed by atoms with Gasteiger partial charge in [-0.2, -0.15) is 0 Å². The van der Waals surface area contributed by atoms with Crippen molar-refractivity contribution in [3.05, 3.63) is 0 Å². The van der Waals surface area contributed by atoms with E-state index >= 15 is 0 Å². The van der Waals surface area contributed by atoms with Crippen LogP contribution in [0.5, 0.6) is 0 Å². The molecule has 0 aromatic carbocycles. The Bertz CT molecular complexity index is 432. The molecule has 170 valence electrons. The smallest absolute Gasteiger partial charge is 0.410 e. The van der Waals surface area contributed by atoms with Crippen molar-refractivity contribution in [1.82, 2.24) is 15.1 Å². The number of carbonyl (C=O) groups is 3. The molecular weight excluding hydrogens is 424 g/mol. The third kappa shape index (κ3) is 15.2. The summed E-state index contributed by atoms with van der Waals surface area (Å²) < 4.78 is 14.0. The minimum atomic E-state index is -0.523. The van der Waals surface area contributed by atoms with Gasteiger partial charge in [-0.15, -0.1) is 0 Å². The van der Waals surface area contributed by atoms with E-state index in [0.717, 1.165) is 0 Å². The molecule has 0 aromatic heterocycles. The number of hydrogen-bond acceptors (Lipinski definition) is 7. The van der Waals surface area contributed by atoms with Crippen LogP contribution in [0.2, 0.25) is 0 Å². The van der Waals surface area contributed by atoms with Gasteiger partial charge in [-0.25, -0.2) is 14.4 Å². The molecule has 2 atom stereocenters. The number of methoxy groups -OCH3 is 1. The van der Waals surface area contributed by atoms with Crippen molar-refractivity contribution in [2.45, 2.75) is 39.9 Å². The van der Waals surface area contributed by atoms with Gasteiger partial charge in [-0.05, 0) is 0 Å². The van der Waals surface area contributed by atoms with E-state index in [-0.39, 0.29) is 106 Å². The summed E-state index contributed by atoms with van der Waals surface area (Å²) in [5, 5.41) is 2.45. The van der Waals surface area contributed by atoms with Crippen molar-refractivity contribution < 1.29 is 104 Å². The molecule has 3 N–H and O–H groups in total. The number of likely N-dealkylation sites (N-methyl/N-ethyl adjacent to an activating group) is 2. The van der Waals surface area contributed by atoms with Gasteiger partial charge in [0.1, 0.15) is 12.2 Å². The van der Waals surface area contributed by atoms with Gasteiger partial charge in [0.05, 0.1) is 26.7 Å². The Kier molecular flexibility index (Phi) is 28.0. The number of nitrogens with one attached hydrogen (secondary N) is 1. The zero-order valence-corrected chi connectivity index (χ0v) is 19.0. The molecule has 0 spiro atoms. The number of nitrogens with zero attached hydrogens (tertiary/aromatic N) is 2. The molecule has 2 fully saturated rings. The summed E-state index contributed by atoms with van der Waals surface area (Å²) in [5.41, 5.74) is 5.25. The number of rotatable bonds is 3. The van der Waals surface area contributed by atoms with Crippen LogP contribution >= 0.6 is 0 Å². The molecule has 12 heteroatoms. The second kappa shape index (κ2) is 22.0. The van der Waals surface area contributed by atoms with Crippen molar-refractivity contribution >= 4 is 18.3 Å². The van der Waals surface area contributed by atoms with E-state index < -0.39 is 6.09 Å². The van der Waals surface area contributed by atoms with Crippen molar-refractivity contribution in [2.75, 3.05) is 47.4 Å². The van der Waals surface area contributed by atoms with E-state index in [0.29, 0.717) is 19.6 Å². The molecule has 0 aliphatic carbocycles. The summed E-state index contributed by atoms with van der Waals surface area (Å²) in [6, 6.07) is 0. The third-order valence-corrected chi connectivity index (χ3v) is 3.04. The van der Waals surface area contributed by atoms with E-state index in [2.05, 4.69) is 10.1 Å². The molecule has 10 nitrogen and oxygen atoms in total. The molecule has 2 saturated heterocycles. The number of cyclic esters (lactones) is 2. The van der Waals surface area contributed by atoms with Crippen LogP contribution in [0, 0.1) is 75.5 Å². The fourth-order valence-electron chi connectivity index (χ4n) is 1.80. The zero-order valence-electron chi connectivity index (χ0n) is 17.6. The monoisotopic (exact) mass is 458 g/mol. The number of alkyl carbamates (subject to hydrolysis) is 1. The Morgan fingerprint density at radius 1 is 1.04 bits per heavy atom. The van der Waals surface area contributed by atoms with Gasteiger partial charge in [-0.3, -0.25) is 0 Å². The molecule has 0 unspecified atom stereocenters. The number of hydrogen-bond donors (Lipinski definition) is 2. The average Bonchev–Trinajstić information content (AvgIpc) is 3.17. The molecule has 2 aliphatic heterocycles. The quantitative estimate of drug-likeness (QED) is 0.610. The first kappa shape index (κ1) is 35.7. The molecule has 0 saturated carbocycles. The minimum absolute atomic E-state index is 0. The number of ether oxygens (including phenoxy) is 3. The predicted octanol–water partition coefficient (Wildman–Crippen LogP) is 1.24. The topological polar surface area (TPSA) is 123 Å². The number of carbonyl (C=O) groups excluding carboxylic acids is 3. The zero-order chi connectivity index (χ0) is 20.7. The summed E-state index contributed by atoms with van der Waals surface area (Å²) in [7, 11) is 4.61. The first-order chi connectivity index (χ1) is 12.4. The fourth-order valence-corrected chi connectivity index (χ4v) is 1.80. The summed E-state index contributed by atoms with van der Waals surface area (Å²) in [4.78, 5) is 35.1. The van der Waals surface area contributed by atoms with E-state index in [1.54, 1.807) is 14.1 Å². The molecule has 2 aliphatic rings. The summed E-state index contributed by atoms with van der Waals surface area (Å²) in [5.74, 6) is 0. The van der Waals surface area contributed by atoms with E-state index in [1.807, 2.05) is 27.7 Å². The van der Waals surface area contributed by atoms with Crippen molar-refractivity contribution in [2.24, 2.45) is 5.73 Å². The first-order valence-electron chi connectivity index (χ1n) is 8.72. The van der Waals surface area contributed by atoms with Crippen LogP contribution < -0.4 is 11.1 Å². The van der Waals surface area contributed by atoms with Crippen LogP contribution in [0.15, 0.2) is 0 Å². The van der Waals surface area contributed by atoms with Crippen LogP contribution in [0.25, 0.3) is 0 Å². The Hall–Kier alpha value is 0.289. The number of amides is 3. The van der Waals surface area contributed by atoms with Crippen LogP contribution in [-0.2, 0) is 14.2 Å². The third-order valence-electron chi connectivity index (χ3n) is 3.04. The molecule has 0 radical (unpaired) electrons. The van der Waals surface area contributed by atoms with Crippen LogP contribution in [-0.4, -0.2) is 87.7 Å². The Morgan fingerprint density at radius 3 is 1.68 bits per heavy atom. The van der Waals surface area contributed by atoms with Gasteiger partial charge in [0.2, 0.25) is 0 Å². The molecular formula is C16H34Ar2N4O6. The molecule has 0 aromatic rings. The molecule has 0 bridgehead atoms. The van der Waals surface area contributed by atoms with E-state index in [9.17, 15) is 14.4 Å². The molecule has 2 rings (SSSR count). The van der Waals surface area contributed by atoms with Gasteiger partial charge >= 0.3 is 18.3 Å². The van der Waals surface area contributed by atoms with Crippen LogP contribution in [0.4, 0.5) is 14.4 Å². The maximum atomic E-state index is 10.9. The standard InChI is InChI=1S/C7H12N2O4.C5H10N2O2.2C2H6.2Ar/c1-9-4-5(13-7(9)11)3-8-6(10)12-2;1-7-3-4(2-6)9-5(7)8;2*1-2;;/h5H,3-4H2,1-2H3,(H,8,10);4H,2-3,6H2,1H3;2*1-2H3;;/t5-;4-;;;;/m00..../s1. The second-order valence-electron chi connectivity index (χ2n) is 4.88. The van der Waals surface area contributed by atoms with Gasteiger partial charge in [0.15, 0.2) is 0 Å². The van der Waals surface area contributed by atoms with E-state index in [4.69, 9.17) is 15.2 Å². The molecule has 2 heterocycles. The summed E-state index contributed by atoms with van der Waals surface area (Å²) >= 11 is 0. The van der Waals surface area contributed by atoms with Crippen molar-refractivity contribution in [3.8, 4) is 0 Å². The minimum Gasteiger partial charge on any atom is -0.453 e. The number of nitrogens with two attached hydrogens (primary N) is 1. The normalized spacial score (nSPS) is 18.9. The summed E-state index contributed by atoms with van der Waals surface area (Å²) in [6.07, 6.45) is -1.54. The Labute approximate surface area is 228 Å². The largest absolute Gasteiger partial charge is 0.453 e. The van der Waals surface area contributed by atoms with Crippen molar-refractivity contribution in [1.29, 1.82) is 0 Å². The van der Waals surface area contributed by atoms with Crippen molar-refractivity contribution in [3.63, 3.8) is 0 Å². The first-order valence-corrected chi connectivity index (χ1v) is 8.72. The van der Waals surface area contributed by atoms with Gasteiger partial charge in [0, 0.05) is 96.1 Å². The Balaban J connectivity index is -0.000000170. The van der Waals surface area contributed by atoms with Gasteiger partial charge in [0.25, 0.3) is 0 Å². The van der Waals surface area contributed by atoms with Gasteiger partial charge < -0.3 is 35.1 Å². The molecule has 3 amide bonds. The molecule has 28 heavy (non-hydrogen) atoms. The van der Waals surface area contributed by atoms with E-state index in [1.165, 1.54) is 16.9 Å². The van der Waals surface area contributed by atoms with Crippen LogP contribution in [0.3, 0.4) is 0 Å². The second-order valence-corrected chi connectivity index (χ2v) is 4.88. The summed E-state index contributed by atoms with van der Waals surface area (Å²) in [6.45, 7) is 9.80. The average molecular weight is 458 g/mol. The van der Waals surface area contributed by atoms with Crippen LogP contribution in [0.1, 0.15) is 27.7 Å². The van der Waals surface area contributed by atoms with Gasteiger partial charge in [-0.1, -0.05) is 27.7 Å². The SMILES string of the molecule is CC.CC.CN1C[C@H](CN)OC1=O.COC(=O)NC[C@H]1CN(C)C(=O)O1.[Ar].[Ar].